The number of methoxy groups -OCH3 is 1. The lowest BCUT2D eigenvalue weighted by Crippen LogP contribution is -2.13. The van der Waals surface area contributed by atoms with E-state index in [4.69, 9.17) is 4.74 Å². The summed E-state index contributed by atoms with van der Waals surface area (Å²) in [5.41, 5.74) is 0.108. The van der Waals surface area contributed by atoms with Crippen LogP contribution in [0.2, 0.25) is 0 Å². The number of carbonyl (C=O) groups excluding carboxylic acids is 2. The highest BCUT2D eigenvalue weighted by Gasteiger charge is 2.19. The molecule has 0 unspecified atom stereocenters. The summed E-state index contributed by atoms with van der Waals surface area (Å²) in [6.45, 7) is 2.42. The van der Waals surface area contributed by atoms with Gasteiger partial charge >= 0.3 is 11.9 Å². The molecule has 0 aromatic heterocycles. The van der Waals surface area contributed by atoms with Crippen LogP contribution in [0.25, 0.3) is 0 Å². The van der Waals surface area contributed by atoms with Crippen molar-refractivity contribution < 1.29 is 24.2 Å². The fourth-order valence-corrected chi connectivity index (χ4v) is 1.76. The second-order valence-electron chi connectivity index (χ2n) is 4.42. The van der Waals surface area contributed by atoms with Crippen LogP contribution in [-0.4, -0.2) is 30.8 Å². The van der Waals surface area contributed by atoms with Crippen LogP contribution in [0.3, 0.4) is 0 Å². The molecule has 0 bridgehead atoms. The van der Waals surface area contributed by atoms with Gasteiger partial charge in [-0.15, -0.1) is 0 Å². The van der Waals surface area contributed by atoms with Crippen LogP contribution in [0, 0.1) is 0 Å². The normalized spacial score (nSPS) is 10.1. The van der Waals surface area contributed by atoms with E-state index in [0.29, 0.717) is 6.61 Å². The predicted octanol–water partition coefficient (Wildman–Crippen LogP) is 2.92. The van der Waals surface area contributed by atoms with Gasteiger partial charge in [0.15, 0.2) is 0 Å². The molecule has 0 amide bonds. The van der Waals surface area contributed by atoms with E-state index in [1.165, 1.54) is 25.3 Å². The number of benzene rings is 1. The lowest BCUT2D eigenvalue weighted by Gasteiger charge is -2.08. The number of phenols is 1. The van der Waals surface area contributed by atoms with Crippen molar-refractivity contribution in [2.24, 2.45) is 0 Å². The largest absolute Gasteiger partial charge is 0.508 e. The summed E-state index contributed by atoms with van der Waals surface area (Å²) in [5.74, 6) is -1.37. The summed E-state index contributed by atoms with van der Waals surface area (Å²) in [5, 5.41) is 9.38. The smallest absolute Gasteiger partial charge is 0.339 e. The van der Waals surface area contributed by atoms with E-state index in [0.717, 1.165) is 25.7 Å². The highest BCUT2D eigenvalue weighted by molar-refractivity contribution is 6.03. The van der Waals surface area contributed by atoms with Crippen molar-refractivity contribution in [1.82, 2.24) is 0 Å². The van der Waals surface area contributed by atoms with Crippen molar-refractivity contribution in [3.05, 3.63) is 29.3 Å². The Labute approximate surface area is 118 Å². The fourth-order valence-electron chi connectivity index (χ4n) is 1.76. The van der Waals surface area contributed by atoms with Gasteiger partial charge in [-0.1, -0.05) is 26.2 Å². The number of carbonyl (C=O) groups is 2. The van der Waals surface area contributed by atoms with E-state index < -0.39 is 11.9 Å². The second kappa shape index (κ2) is 8.19. The average molecular weight is 280 g/mol. The van der Waals surface area contributed by atoms with E-state index in [1.807, 2.05) is 0 Å². The van der Waals surface area contributed by atoms with Crippen molar-refractivity contribution in [3.63, 3.8) is 0 Å². The van der Waals surface area contributed by atoms with Crippen molar-refractivity contribution in [2.75, 3.05) is 13.7 Å². The number of unbranched alkanes of at least 4 members (excludes halogenated alkanes) is 3. The number of hydrogen-bond acceptors (Lipinski definition) is 5. The fraction of sp³-hybridized carbons (Fsp3) is 0.467. The maximum absolute atomic E-state index is 11.9. The molecule has 110 valence electrons. The van der Waals surface area contributed by atoms with Crippen LogP contribution in [0.4, 0.5) is 0 Å². The molecule has 1 rings (SSSR count). The van der Waals surface area contributed by atoms with Crippen molar-refractivity contribution in [2.45, 2.75) is 32.6 Å². The summed E-state index contributed by atoms with van der Waals surface area (Å²) >= 11 is 0. The molecule has 0 spiro atoms. The molecular formula is C15H20O5. The van der Waals surface area contributed by atoms with Gasteiger partial charge in [-0.05, 0) is 24.6 Å². The van der Waals surface area contributed by atoms with Crippen LogP contribution < -0.4 is 0 Å². The average Bonchev–Trinajstić information content (AvgIpc) is 2.45. The van der Waals surface area contributed by atoms with Gasteiger partial charge in [-0.2, -0.15) is 0 Å². The van der Waals surface area contributed by atoms with Crippen LogP contribution >= 0.6 is 0 Å². The monoisotopic (exact) mass is 280 g/mol. The van der Waals surface area contributed by atoms with Crippen molar-refractivity contribution >= 4 is 11.9 Å². The predicted molar refractivity (Wildman–Crippen MR) is 73.9 cm³/mol. The van der Waals surface area contributed by atoms with Crippen LogP contribution in [0.1, 0.15) is 53.3 Å². The number of ether oxygens (including phenoxy) is 2. The summed E-state index contributed by atoms with van der Waals surface area (Å²) < 4.78 is 9.70. The lowest BCUT2D eigenvalue weighted by molar-refractivity contribution is 0.0480. The van der Waals surface area contributed by atoms with E-state index >= 15 is 0 Å². The van der Waals surface area contributed by atoms with E-state index in [9.17, 15) is 14.7 Å². The Morgan fingerprint density at radius 3 is 2.50 bits per heavy atom. The van der Waals surface area contributed by atoms with Crippen LogP contribution in [0.5, 0.6) is 5.75 Å². The van der Waals surface area contributed by atoms with Gasteiger partial charge in [-0.25, -0.2) is 9.59 Å². The first-order chi connectivity index (χ1) is 9.60. The molecule has 0 aliphatic rings. The highest BCUT2D eigenvalue weighted by Crippen LogP contribution is 2.18. The van der Waals surface area contributed by atoms with Gasteiger partial charge in [0.2, 0.25) is 0 Å². The van der Waals surface area contributed by atoms with Crippen LogP contribution in [0.15, 0.2) is 18.2 Å². The Morgan fingerprint density at radius 2 is 1.85 bits per heavy atom. The zero-order valence-electron chi connectivity index (χ0n) is 11.8. The van der Waals surface area contributed by atoms with Gasteiger partial charge in [0.05, 0.1) is 24.8 Å². The van der Waals surface area contributed by atoms with E-state index in [1.54, 1.807) is 0 Å². The van der Waals surface area contributed by atoms with Gasteiger partial charge < -0.3 is 14.6 Å². The summed E-state index contributed by atoms with van der Waals surface area (Å²) in [7, 11) is 1.21. The third-order valence-corrected chi connectivity index (χ3v) is 2.86. The molecule has 0 saturated carbocycles. The van der Waals surface area contributed by atoms with E-state index in [2.05, 4.69) is 11.7 Å². The number of esters is 2. The Hall–Kier alpha value is -2.04. The number of aromatic hydroxyl groups is 1. The first-order valence-corrected chi connectivity index (χ1v) is 6.68. The molecule has 1 N–H and O–H groups in total. The molecule has 1 aromatic carbocycles. The maximum atomic E-state index is 11.9. The molecule has 0 atom stereocenters. The van der Waals surface area contributed by atoms with Gasteiger partial charge in [0.25, 0.3) is 0 Å². The zero-order chi connectivity index (χ0) is 15.0. The molecule has 0 fully saturated rings. The van der Waals surface area contributed by atoms with Crippen molar-refractivity contribution in [3.8, 4) is 5.75 Å². The second-order valence-corrected chi connectivity index (χ2v) is 4.42. The zero-order valence-corrected chi connectivity index (χ0v) is 11.8. The Morgan fingerprint density at radius 1 is 1.10 bits per heavy atom. The molecule has 5 nitrogen and oxygen atoms in total. The van der Waals surface area contributed by atoms with Gasteiger partial charge in [-0.3, -0.25) is 0 Å². The lowest BCUT2D eigenvalue weighted by atomic mass is 10.1. The third kappa shape index (κ3) is 4.57. The van der Waals surface area contributed by atoms with Crippen molar-refractivity contribution in [1.29, 1.82) is 0 Å². The molecular weight excluding hydrogens is 260 g/mol. The topological polar surface area (TPSA) is 72.8 Å². The molecule has 20 heavy (non-hydrogen) atoms. The maximum Gasteiger partial charge on any atom is 0.339 e. The summed E-state index contributed by atoms with van der Waals surface area (Å²) in [6, 6.07) is 3.88. The Kier molecular flexibility index (Phi) is 6.56. The number of rotatable bonds is 7. The molecule has 5 heteroatoms. The Bertz CT molecular complexity index is 467. The highest BCUT2D eigenvalue weighted by atomic mass is 16.5. The van der Waals surface area contributed by atoms with E-state index in [-0.39, 0.29) is 16.9 Å². The van der Waals surface area contributed by atoms with Gasteiger partial charge in [0.1, 0.15) is 5.75 Å². The molecule has 0 aliphatic carbocycles. The summed E-state index contributed by atoms with van der Waals surface area (Å²) in [6.07, 6.45) is 4.01. The molecule has 0 aliphatic heterocycles. The number of phenolic OH excluding ortho intramolecular Hbond substituents is 1. The quantitative estimate of drug-likeness (QED) is 0.614. The summed E-state index contributed by atoms with van der Waals surface area (Å²) in [4.78, 5) is 23.5. The first-order valence-electron chi connectivity index (χ1n) is 6.68. The van der Waals surface area contributed by atoms with Crippen LogP contribution in [-0.2, 0) is 9.47 Å². The number of hydrogen-bond donors (Lipinski definition) is 1. The minimum atomic E-state index is -0.682. The SMILES string of the molecule is CCCCCCOC(=O)c1ccc(O)cc1C(=O)OC. The first kappa shape index (κ1) is 16.0. The standard InChI is InChI=1S/C15H20O5/c1-3-4-5-6-9-20-15(18)12-8-7-11(16)10-13(12)14(17)19-2/h7-8,10,16H,3-6,9H2,1-2H3. The minimum absolute atomic E-state index is 0.00561. The minimum Gasteiger partial charge on any atom is -0.508 e. The molecule has 0 saturated heterocycles. The third-order valence-electron chi connectivity index (χ3n) is 2.86. The molecule has 1 aromatic rings. The molecule has 0 radical (unpaired) electrons. The molecule has 0 heterocycles. The Balaban J connectivity index is 2.70. The van der Waals surface area contributed by atoms with Gasteiger partial charge in [0, 0.05) is 0 Å².